The Morgan fingerprint density at radius 2 is 1.76 bits per heavy atom. The molecule has 1 heterocycles. The Bertz CT molecular complexity index is 499. The summed E-state index contributed by atoms with van der Waals surface area (Å²) in [5.41, 5.74) is 0.266. The maximum Gasteiger partial charge on any atom is 0.261 e. The van der Waals surface area contributed by atoms with Gasteiger partial charge in [0.15, 0.2) is 0 Å². The summed E-state index contributed by atoms with van der Waals surface area (Å²) in [6.07, 6.45) is 3.03. The highest BCUT2D eigenvalue weighted by atomic mass is 16.3. The molecule has 4 nitrogen and oxygen atoms in total. The summed E-state index contributed by atoms with van der Waals surface area (Å²) in [4.78, 5) is 14.3. The minimum Gasteiger partial charge on any atom is -0.507 e. The molecular weight excluding hydrogens is 266 g/mol. The van der Waals surface area contributed by atoms with Gasteiger partial charge in [0.1, 0.15) is 17.1 Å². The Balaban J connectivity index is 2.14. The summed E-state index contributed by atoms with van der Waals surface area (Å²) >= 11 is 0. The van der Waals surface area contributed by atoms with E-state index >= 15 is 0 Å². The van der Waals surface area contributed by atoms with Gasteiger partial charge >= 0.3 is 0 Å². The molecule has 1 unspecified atom stereocenters. The van der Waals surface area contributed by atoms with Crippen LogP contribution >= 0.6 is 0 Å². The molecule has 0 aromatic heterocycles. The number of likely N-dealkylation sites (tertiary alicyclic amines) is 1. The van der Waals surface area contributed by atoms with Gasteiger partial charge in [-0.3, -0.25) is 4.79 Å². The number of amides is 1. The lowest BCUT2D eigenvalue weighted by Gasteiger charge is -2.29. The summed E-state index contributed by atoms with van der Waals surface area (Å²) in [6.45, 7) is 8.08. The first-order chi connectivity index (χ1) is 9.80. The molecule has 0 bridgehead atoms. The number of hydrogen-bond donors (Lipinski definition) is 2. The molecule has 0 spiro atoms. The Hall–Kier alpha value is -1.71. The van der Waals surface area contributed by atoms with Crippen molar-refractivity contribution in [3.05, 3.63) is 23.8 Å². The van der Waals surface area contributed by atoms with Crippen molar-refractivity contribution < 1.29 is 15.0 Å². The van der Waals surface area contributed by atoms with Crippen molar-refractivity contribution in [1.29, 1.82) is 0 Å². The SMILES string of the molecule is CC(C)(C)C1CCCN(C(=O)c2c(O)cccc2O)CC1. The Morgan fingerprint density at radius 1 is 1.14 bits per heavy atom. The van der Waals surface area contributed by atoms with Gasteiger partial charge < -0.3 is 15.1 Å². The van der Waals surface area contributed by atoms with E-state index in [1.807, 2.05) is 0 Å². The fraction of sp³-hybridized carbons (Fsp3) is 0.588. The van der Waals surface area contributed by atoms with Crippen molar-refractivity contribution >= 4 is 5.91 Å². The predicted octanol–water partition coefficient (Wildman–Crippen LogP) is 3.39. The molecule has 1 saturated heterocycles. The number of hydrogen-bond acceptors (Lipinski definition) is 3. The second-order valence-corrected chi connectivity index (χ2v) is 6.96. The van der Waals surface area contributed by atoms with Crippen LogP contribution in [0, 0.1) is 11.3 Å². The Labute approximate surface area is 126 Å². The lowest BCUT2D eigenvalue weighted by atomic mass is 9.77. The summed E-state index contributed by atoms with van der Waals surface area (Å²) in [7, 11) is 0. The van der Waals surface area contributed by atoms with Gasteiger partial charge in [-0.25, -0.2) is 0 Å². The number of aromatic hydroxyl groups is 2. The van der Waals surface area contributed by atoms with Crippen LogP contribution in [0.3, 0.4) is 0 Å². The molecule has 1 amide bonds. The molecule has 116 valence electrons. The Kier molecular flexibility index (Phi) is 4.45. The van der Waals surface area contributed by atoms with Crippen LogP contribution in [0.25, 0.3) is 0 Å². The molecule has 1 atom stereocenters. The van der Waals surface area contributed by atoms with Gasteiger partial charge in [-0.2, -0.15) is 0 Å². The number of phenolic OH excluding ortho intramolecular Hbond substituents is 2. The van der Waals surface area contributed by atoms with E-state index < -0.39 is 0 Å². The summed E-state index contributed by atoms with van der Waals surface area (Å²) in [6, 6.07) is 4.39. The van der Waals surface area contributed by atoms with Crippen LogP contribution in [0.5, 0.6) is 11.5 Å². The van der Waals surface area contributed by atoms with Crippen molar-refractivity contribution in [2.75, 3.05) is 13.1 Å². The maximum absolute atomic E-state index is 12.6. The van der Waals surface area contributed by atoms with Crippen LogP contribution < -0.4 is 0 Å². The van der Waals surface area contributed by atoms with Crippen LogP contribution in [0.2, 0.25) is 0 Å². The average Bonchev–Trinajstić information content (AvgIpc) is 2.63. The largest absolute Gasteiger partial charge is 0.507 e. The third kappa shape index (κ3) is 3.49. The monoisotopic (exact) mass is 291 g/mol. The van der Waals surface area contributed by atoms with Crippen molar-refractivity contribution in [2.45, 2.75) is 40.0 Å². The lowest BCUT2D eigenvalue weighted by Crippen LogP contribution is -2.32. The van der Waals surface area contributed by atoms with Gasteiger partial charge in [0.05, 0.1) is 0 Å². The van der Waals surface area contributed by atoms with E-state index in [1.165, 1.54) is 18.2 Å². The fourth-order valence-electron chi connectivity index (χ4n) is 3.07. The summed E-state index contributed by atoms with van der Waals surface area (Å²) < 4.78 is 0. The number of carbonyl (C=O) groups excluding carboxylic acids is 1. The Morgan fingerprint density at radius 3 is 2.33 bits per heavy atom. The maximum atomic E-state index is 12.6. The number of nitrogens with zero attached hydrogens (tertiary/aromatic N) is 1. The van der Waals surface area contributed by atoms with E-state index in [1.54, 1.807) is 4.90 Å². The average molecular weight is 291 g/mol. The zero-order valence-electron chi connectivity index (χ0n) is 13.1. The van der Waals surface area contributed by atoms with Gasteiger partial charge in [-0.1, -0.05) is 26.8 Å². The van der Waals surface area contributed by atoms with Crippen LogP contribution in [-0.2, 0) is 0 Å². The first kappa shape index (κ1) is 15.7. The number of rotatable bonds is 1. The molecule has 2 rings (SSSR count). The summed E-state index contributed by atoms with van der Waals surface area (Å²) in [5, 5.41) is 19.7. The van der Waals surface area contributed by atoms with Gasteiger partial charge in [-0.15, -0.1) is 0 Å². The molecule has 4 heteroatoms. The van der Waals surface area contributed by atoms with E-state index in [-0.39, 0.29) is 28.4 Å². The first-order valence-electron chi connectivity index (χ1n) is 7.61. The van der Waals surface area contributed by atoms with Crippen molar-refractivity contribution in [3.8, 4) is 11.5 Å². The molecule has 1 fully saturated rings. The van der Waals surface area contributed by atoms with Crippen LogP contribution in [0.1, 0.15) is 50.4 Å². The fourth-order valence-corrected chi connectivity index (χ4v) is 3.07. The van der Waals surface area contributed by atoms with E-state index in [0.29, 0.717) is 19.0 Å². The molecule has 21 heavy (non-hydrogen) atoms. The van der Waals surface area contributed by atoms with Crippen molar-refractivity contribution in [1.82, 2.24) is 4.90 Å². The topological polar surface area (TPSA) is 60.8 Å². The van der Waals surface area contributed by atoms with Crippen LogP contribution in [0.15, 0.2) is 18.2 Å². The molecule has 1 aliphatic rings. The van der Waals surface area contributed by atoms with Crippen LogP contribution in [-0.4, -0.2) is 34.1 Å². The minimum absolute atomic E-state index is 0.0201. The highest BCUT2D eigenvalue weighted by Crippen LogP contribution is 2.35. The molecular formula is C17H25NO3. The number of phenols is 2. The number of carbonyl (C=O) groups is 1. The molecule has 1 aromatic rings. The first-order valence-corrected chi connectivity index (χ1v) is 7.61. The lowest BCUT2D eigenvalue weighted by molar-refractivity contribution is 0.0749. The van der Waals surface area contributed by atoms with Gasteiger partial charge in [0.25, 0.3) is 5.91 Å². The van der Waals surface area contributed by atoms with E-state index in [4.69, 9.17) is 0 Å². The van der Waals surface area contributed by atoms with Gasteiger partial charge in [0, 0.05) is 13.1 Å². The normalized spacial score (nSPS) is 20.1. The standard InChI is InChI=1S/C17H25NO3/c1-17(2,3)12-6-5-10-18(11-9-12)16(21)15-13(19)7-4-8-14(15)20/h4,7-8,12,19-20H,5-6,9-11H2,1-3H3. The highest BCUT2D eigenvalue weighted by molar-refractivity contribution is 5.99. The van der Waals surface area contributed by atoms with E-state index in [2.05, 4.69) is 20.8 Å². The third-order valence-electron chi connectivity index (χ3n) is 4.47. The number of benzene rings is 1. The van der Waals surface area contributed by atoms with Crippen molar-refractivity contribution in [3.63, 3.8) is 0 Å². The minimum atomic E-state index is -0.278. The van der Waals surface area contributed by atoms with Gasteiger partial charge in [-0.05, 0) is 42.7 Å². The second kappa shape index (κ2) is 5.96. The third-order valence-corrected chi connectivity index (χ3v) is 4.47. The molecule has 1 aliphatic heterocycles. The quantitative estimate of drug-likeness (QED) is 0.833. The predicted molar refractivity (Wildman–Crippen MR) is 82.5 cm³/mol. The summed E-state index contributed by atoms with van der Waals surface area (Å²) in [5.74, 6) is 0.00154. The molecule has 1 aromatic carbocycles. The molecule has 2 N–H and O–H groups in total. The smallest absolute Gasteiger partial charge is 0.261 e. The van der Waals surface area contributed by atoms with E-state index in [9.17, 15) is 15.0 Å². The zero-order chi connectivity index (χ0) is 15.6. The highest BCUT2D eigenvalue weighted by Gasteiger charge is 2.30. The van der Waals surface area contributed by atoms with Crippen molar-refractivity contribution in [2.24, 2.45) is 11.3 Å². The molecule has 0 radical (unpaired) electrons. The van der Waals surface area contributed by atoms with E-state index in [0.717, 1.165) is 19.3 Å². The molecule has 0 aliphatic carbocycles. The van der Waals surface area contributed by atoms with Gasteiger partial charge in [0.2, 0.25) is 0 Å². The molecule has 0 saturated carbocycles. The second-order valence-electron chi connectivity index (χ2n) is 6.96. The zero-order valence-corrected chi connectivity index (χ0v) is 13.1. The van der Waals surface area contributed by atoms with Crippen LogP contribution in [0.4, 0.5) is 0 Å².